The molecule has 4 aromatic rings. The molecule has 1 aliphatic rings. The van der Waals surface area contributed by atoms with Crippen molar-refractivity contribution in [3.05, 3.63) is 76.6 Å². The maximum absolute atomic E-state index is 13.8. The van der Waals surface area contributed by atoms with Gasteiger partial charge in [-0.15, -0.1) is 0 Å². The molecule has 17 heteroatoms. The van der Waals surface area contributed by atoms with Gasteiger partial charge in [0.05, 0.1) is 23.5 Å². The van der Waals surface area contributed by atoms with Crippen molar-refractivity contribution < 1.29 is 46.4 Å². The third-order valence-corrected chi connectivity index (χ3v) is 6.65. The SMILES string of the molecule is Cc1nc([C@@H]2OC(CO)[C@H](O)[C@H](n3cc(-c4cc(F)c(F)c(F)c4)cn3)C2O)n(-c2cc(Cl)cnc2C(F)(F)F)n1. The summed E-state index contributed by atoms with van der Waals surface area (Å²) >= 11 is 5.92. The fraction of sp³-hybridized carbons (Fsp3) is 0.333. The summed E-state index contributed by atoms with van der Waals surface area (Å²) in [6.07, 6.45) is -8.20. The minimum absolute atomic E-state index is 0.0196. The van der Waals surface area contributed by atoms with E-state index in [9.17, 15) is 41.7 Å². The number of hydrogen-bond donors (Lipinski definition) is 3. The molecular weight excluding hydrogens is 586 g/mol. The molecule has 0 radical (unpaired) electrons. The van der Waals surface area contributed by atoms with Crippen molar-refractivity contribution in [2.75, 3.05) is 6.61 Å². The van der Waals surface area contributed by atoms with Crippen LogP contribution < -0.4 is 0 Å². The standard InChI is InChI=1S/C24H19ClF6N6O4/c1-9-34-23(37(35-9)15-4-12(25)6-32-22(15)24(29,30)31)21-20(40)18(19(39)16(8-38)41-21)36-7-11(5-33-36)10-2-13(26)17(28)14(27)3-10/h2-7,16,18-21,38-40H,8H2,1H3/t16?,18-,19-,20?,21+/m0/s1. The molecule has 3 aromatic heterocycles. The van der Waals surface area contributed by atoms with Gasteiger partial charge in [-0.25, -0.2) is 27.8 Å². The number of aliphatic hydroxyl groups is 3. The van der Waals surface area contributed by atoms with E-state index in [4.69, 9.17) is 16.3 Å². The van der Waals surface area contributed by atoms with Crippen LogP contribution in [0.25, 0.3) is 16.8 Å². The number of aliphatic hydroxyl groups excluding tert-OH is 3. The number of pyridine rings is 1. The van der Waals surface area contributed by atoms with Gasteiger partial charge in [-0.2, -0.15) is 23.4 Å². The average molecular weight is 605 g/mol. The molecule has 1 aromatic carbocycles. The molecule has 0 amide bonds. The summed E-state index contributed by atoms with van der Waals surface area (Å²) < 4.78 is 89.8. The van der Waals surface area contributed by atoms with Crippen LogP contribution in [0.3, 0.4) is 0 Å². The molecule has 0 aliphatic carbocycles. The zero-order valence-corrected chi connectivity index (χ0v) is 21.4. The van der Waals surface area contributed by atoms with Gasteiger partial charge < -0.3 is 20.1 Å². The first-order chi connectivity index (χ1) is 19.3. The Morgan fingerprint density at radius 3 is 2.34 bits per heavy atom. The Hall–Kier alpha value is -3.57. The molecule has 0 saturated carbocycles. The Morgan fingerprint density at radius 2 is 1.71 bits per heavy atom. The topological polar surface area (TPSA) is 131 Å². The number of nitrogens with zero attached hydrogens (tertiary/aromatic N) is 6. The highest BCUT2D eigenvalue weighted by atomic mass is 35.5. The fourth-order valence-corrected chi connectivity index (χ4v) is 4.75. The maximum Gasteiger partial charge on any atom is 0.435 e. The van der Waals surface area contributed by atoms with Gasteiger partial charge in [0.1, 0.15) is 36.3 Å². The predicted molar refractivity (Wildman–Crippen MR) is 127 cm³/mol. The Bertz CT molecular complexity index is 1570. The summed E-state index contributed by atoms with van der Waals surface area (Å²) in [4.78, 5) is 7.51. The Morgan fingerprint density at radius 1 is 1.02 bits per heavy atom. The normalized spacial score (nSPS) is 23.2. The molecule has 0 spiro atoms. The first kappa shape index (κ1) is 28.9. The van der Waals surface area contributed by atoms with Crippen molar-refractivity contribution in [2.24, 2.45) is 0 Å². The molecule has 5 atom stereocenters. The minimum Gasteiger partial charge on any atom is -0.394 e. The second-order valence-electron chi connectivity index (χ2n) is 9.16. The number of halogens is 7. The lowest BCUT2D eigenvalue weighted by atomic mass is 9.92. The first-order valence-corrected chi connectivity index (χ1v) is 12.2. The Labute approximate surface area is 231 Å². The Kier molecular flexibility index (Phi) is 7.54. The van der Waals surface area contributed by atoms with E-state index in [1.165, 1.54) is 13.1 Å². The highest BCUT2D eigenvalue weighted by Crippen LogP contribution is 2.40. The number of hydrogen-bond acceptors (Lipinski definition) is 8. The Balaban J connectivity index is 1.58. The van der Waals surface area contributed by atoms with Crippen molar-refractivity contribution >= 4 is 11.6 Å². The van der Waals surface area contributed by atoms with E-state index >= 15 is 0 Å². The van der Waals surface area contributed by atoms with Crippen molar-refractivity contribution in [3.8, 4) is 16.8 Å². The number of benzene rings is 1. The highest BCUT2D eigenvalue weighted by Gasteiger charge is 2.49. The smallest absolute Gasteiger partial charge is 0.394 e. The molecular formula is C24H19ClF6N6O4. The zero-order chi connectivity index (χ0) is 29.8. The molecule has 1 saturated heterocycles. The number of aryl methyl sites for hydroxylation is 1. The van der Waals surface area contributed by atoms with Gasteiger partial charge in [-0.3, -0.25) is 4.68 Å². The van der Waals surface area contributed by atoms with E-state index in [0.717, 1.165) is 40.0 Å². The van der Waals surface area contributed by atoms with E-state index in [-0.39, 0.29) is 27.8 Å². The minimum atomic E-state index is -4.93. The molecule has 5 rings (SSSR count). The zero-order valence-electron chi connectivity index (χ0n) is 20.6. The molecule has 2 unspecified atom stereocenters. The van der Waals surface area contributed by atoms with Crippen LogP contribution in [-0.4, -0.2) is 69.8 Å². The monoisotopic (exact) mass is 604 g/mol. The van der Waals surface area contributed by atoms with Crippen molar-refractivity contribution in [1.82, 2.24) is 29.5 Å². The van der Waals surface area contributed by atoms with Crippen LogP contribution in [0.5, 0.6) is 0 Å². The van der Waals surface area contributed by atoms with Gasteiger partial charge in [-0.05, 0) is 30.7 Å². The van der Waals surface area contributed by atoms with E-state index in [1.54, 1.807) is 0 Å². The van der Waals surface area contributed by atoms with Crippen LogP contribution >= 0.6 is 11.6 Å². The molecule has 0 bridgehead atoms. The third-order valence-electron chi connectivity index (χ3n) is 6.44. The van der Waals surface area contributed by atoms with E-state index in [2.05, 4.69) is 20.2 Å². The van der Waals surface area contributed by atoms with Gasteiger partial charge >= 0.3 is 6.18 Å². The molecule has 3 N–H and O–H groups in total. The van der Waals surface area contributed by atoms with Crippen LogP contribution in [0.2, 0.25) is 5.02 Å². The average Bonchev–Trinajstić information content (AvgIpc) is 3.53. The lowest BCUT2D eigenvalue weighted by molar-refractivity contribution is -0.210. The number of rotatable bonds is 5. The first-order valence-electron chi connectivity index (χ1n) is 11.8. The van der Waals surface area contributed by atoms with Crippen molar-refractivity contribution in [2.45, 2.75) is 43.6 Å². The van der Waals surface area contributed by atoms with Gasteiger partial charge in [0.15, 0.2) is 29.0 Å². The van der Waals surface area contributed by atoms with Crippen LogP contribution in [0.1, 0.15) is 29.5 Å². The summed E-state index contributed by atoms with van der Waals surface area (Å²) in [5.41, 5.74) is -2.02. The lowest BCUT2D eigenvalue weighted by Gasteiger charge is -2.41. The van der Waals surface area contributed by atoms with Gasteiger partial charge in [0.25, 0.3) is 0 Å². The van der Waals surface area contributed by atoms with Crippen molar-refractivity contribution in [3.63, 3.8) is 0 Å². The fourth-order valence-electron chi connectivity index (χ4n) is 4.60. The third kappa shape index (κ3) is 5.28. The van der Waals surface area contributed by atoms with Crippen LogP contribution in [-0.2, 0) is 10.9 Å². The molecule has 218 valence electrons. The summed E-state index contributed by atoms with van der Waals surface area (Å²) in [7, 11) is 0. The molecule has 41 heavy (non-hydrogen) atoms. The second-order valence-corrected chi connectivity index (χ2v) is 9.60. The molecule has 1 fully saturated rings. The lowest BCUT2D eigenvalue weighted by Crippen LogP contribution is -2.53. The number of alkyl halides is 3. The molecule has 10 nitrogen and oxygen atoms in total. The second kappa shape index (κ2) is 10.7. The van der Waals surface area contributed by atoms with Crippen molar-refractivity contribution in [1.29, 1.82) is 0 Å². The quantitative estimate of drug-likeness (QED) is 0.234. The maximum atomic E-state index is 13.8. The van der Waals surface area contributed by atoms with Gasteiger partial charge in [0.2, 0.25) is 0 Å². The van der Waals surface area contributed by atoms with Gasteiger partial charge in [0, 0.05) is 18.0 Å². The van der Waals surface area contributed by atoms with Crippen LogP contribution in [0.15, 0.2) is 36.8 Å². The molecule has 1 aliphatic heterocycles. The van der Waals surface area contributed by atoms with E-state index in [0.29, 0.717) is 0 Å². The van der Waals surface area contributed by atoms with E-state index in [1.807, 2.05) is 0 Å². The van der Waals surface area contributed by atoms with Gasteiger partial charge in [-0.1, -0.05) is 11.6 Å². The number of aromatic nitrogens is 6. The van der Waals surface area contributed by atoms with Crippen LogP contribution in [0.4, 0.5) is 26.3 Å². The summed E-state index contributed by atoms with van der Waals surface area (Å²) in [5.74, 6) is -4.94. The summed E-state index contributed by atoms with van der Waals surface area (Å²) in [5, 5.41) is 40.0. The predicted octanol–water partition coefficient (Wildman–Crippen LogP) is 3.32. The van der Waals surface area contributed by atoms with E-state index < -0.39 is 72.1 Å². The summed E-state index contributed by atoms with van der Waals surface area (Å²) in [6.45, 7) is 0.583. The largest absolute Gasteiger partial charge is 0.435 e. The van der Waals surface area contributed by atoms with Crippen LogP contribution in [0, 0.1) is 24.4 Å². The summed E-state index contributed by atoms with van der Waals surface area (Å²) in [6, 6.07) is 0.970. The molecule has 4 heterocycles. The number of ether oxygens (including phenoxy) is 1. The highest BCUT2D eigenvalue weighted by molar-refractivity contribution is 6.30.